The van der Waals surface area contributed by atoms with Gasteiger partial charge in [0.05, 0.1) is 18.4 Å². The van der Waals surface area contributed by atoms with Crippen LogP contribution < -0.4 is 10.5 Å². The molecule has 0 atom stereocenters. The van der Waals surface area contributed by atoms with Crippen LogP contribution >= 0.6 is 0 Å². The summed E-state index contributed by atoms with van der Waals surface area (Å²) < 4.78 is 23.6. The molecule has 0 saturated carbocycles. The standard InChI is InChI=1S/C15H12FN3O2/c1-20-13-5-3-2-4-10(13)14-18-15(21-19-14)9-6-7-11(16)12(17)8-9/h2-8H,17H2,1H3. The quantitative estimate of drug-likeness (QED) is 0.748. The van der Waals surface area contributed by atoms with E-state index in [0.29, 0.717) is 22.7 Å². The van der Waals surface area contributed by atoms with Crippen molar-refractivity contribution in [2.75, 3.05) is 12.8 Å². The number of rotatable bonds is 3. The van der Waals surface area contributed by atoms with E-state index in [1.807, 2.05) is 18.2 Å². The van der Waals surface area contributed by atoms with Crippen LogP contribution in [0.5, 0.6) is 5.75 Å². The third kappa shape index (κ3) is 2.43. The van der Waals surface area contributed by atoms with Crippen LogP contribution in [0.4, 0.5) is 10.1 Å². The fraction of sp³-hybridized carbons (Fsp3) is 0.0667. The van der Waals surface area contributed by atoms with Crippen molar-refractivity contribution in [2.24, 2.45) is 0 Å². The Balaban J connectivity index is 2.01. The number of nitrogen functional groups attached to an aromatic ring is 1. The third-order valence-corrected chi connectivity index (χ3v) is 3.02. The third-order valence-electron chi connectivity index (χ3n) is 3.02. The molecule has 106 valence electrons. The molecule has 0 fully saturated rings. The molecule has 2 N–H and O–H groups in total. The molecule has 0 spiro atoms. The lowest BCUT2D eigenvalue weighted by Gasteiger charge is -2.03. The minimum absolute atomic E-state index is 0.0320. The molecular formula is C15H12FN3O2. The van der Waals surface area contributed by atoms with Gasteiger partial charge in [-0.25, -0.2) is 4.39 Å². The number of hydrogen-bond donors (Lipinski definition) is 1. The summed E-state index contributed by atoms with van der Waals surface area (Å²) in [5.74, 6) is 0.819. The highest BCUT2D eigenvalue weighted by atomic mass is 19.1. The maximum atomic E-state index is 13.2. The van der Waals surface area contributed by atoms with Gasteiger partial charge < -0.3 is 15.0 Å². The number of ether oxygens (including phenoxy) is 1. The van der Waals surface area contributed by atoms with E-state index in [9.17, 15) is 4.39 Å². The van der Waals surface area contributed by atoms with Gasteiger partial charge in [0, 0.05) is 5.56 Å². The lowest BCUT2D eigenvalue weighted by atomic mass is 10.2. The summed E-state index contributed by atoms with van der Waals surface area (Å²) in [5.41, 5.74) is 6.84. The number of para-hydroxylation sites is 1. The predicted molar refractivity (Wildman–Crippen MR) is 76.1 cm³/mol. The molecule has 3 rings (SSSR count). The van der Waals surface area contributed by atoms with E-state index in [-0.39, 0.29) is 11.6 Å². The number of aromatic nitrogens is 2. The van der Waals surface area contributed by atoms with Crippen LogP contribution in [0.25, 0.3) is 22.8 Å². The van der Waals surface area contributed by atoms with Crippen molar-refractivity contribution in [3.8, 4) is 28.6 Å². The fourth-order valence-corrected chi connectivity index (χ4v) is 1.96. The first kappa shape index (κ1) is 13.1. The first-order valence-corrected chi connectivity index (χ1v) is 6.21. The summed E-state index contributed by atoms with van der Waals surface area (Å²) >= 11 is 0. The SMILES string of the molecule is COc1ccccc1-c1noc(-c2ccc(F)c(N)c2)n1. The first-order chi connectivity index (χ1) is 10.2. The van der Waals surface area contributed by atoms with Gasteiger partial charge >= 0.3 is 0 Å². The monoisotopic (exact) mass is 285 g/mol. The van der Waals surface area contributed by atoms with Crippen molar-refractivity contribution < 1.29 is 13.7 Å². The zero-order valence-electron chi connectivity index (χ0n) is 11.2. The molecule has 0 aliphatic rings. The van der Waals surface area contributed by atoms with Gasteiger partial charge in [0.2, 0.25) is 5.82 Å². The minimum atomic E-state index is -0.483. The van der Waals surface area contributed by atoms with Crippen LogP contribution in [-0.4, -0.2) is 17.3 Å². The van der Waals surface area contributed by atoms with Crippen molar-refractivity contribution in [2.45, 2.75) is 0 Å². The van der Waals surface area contributed by atoms with Crippen molar-refractivity contribution in [3.63, 3.8) is 0 Å². The zero-order chi connectivity index (χ0) is 14.8. The number of methoxy groups -OCH3 is 1. The average Bonchev–Trinajstić information content (AvgIpc) is 2.99. The predicted octanol–water partition coefficient (Wildman–Crippen LogP) is 3.13. The number of nitrogens with two attached hydrogens (primary N) is 1. The van der Waals surface area contributed by atoms with E-state index < -0.39 is 5.82 Å². The first-order valence-electron chi connectivity index (χ1n) is 6.21. The summed E-state index contributed by atoms with van der Waals surface area (Å²) in [6.07, 6.45) is 0. The van der Waals surface area contributed by atoms with Crippen LogP contribution in [0, 0.1) is 5.82 Å². The largest absolute Gasteiger partial charge is 0.496 e. The second-order valence-corrected chi connectivity index (χ2v) is 4.36. The van der Waals surface area contributed by atoms with Crippen molar-refractivity contribution >= 4 is 5.69 Å². The lowest BCUT2D eigenvalue weighted by Crippen LogP contribution is -1.91. The van der Waals surface area contributed by atoms with Gasteiger partial charge in [-0.3, -0.25) is 0 Å². The van der Waals surface area contributed by atoms with Gasteiger partial charge in [-0.2, -0.15) is 4.98 Å². The lowest BCUT2D eigenvalue weighted by molar-refractivity contribution is 0.413. The van der Waals surface area contributed by atoms with E-state index >= 15 is 0 Å². The number of hydrogen-bond acceptors (Lipinski definition) is 5. The Morgan fingerprint density at radius 2 is 2.00 bits per heavy atom. The molecule has 0 radical (unpaired) electrons. The van der Waals surface area contributed by atoms with Crippen LogP contribution in [0.3, 0.4) is 0 Å². The van der Waals surface area contributed by atoms with Crippen LogP contribution in [0.1, 0.15) is 0 Å². The van der Waals surface area contributed by atoms with Crippen LogP contribution in [0.2, 0.25) is 0 Å². The van der Waals surface area contributed by atoms with Gasteiger partial charge in [0.15, 0.2) is 0 Å². The molecule has 0 bridgehead atoms. The Morgan fingerprint density at radius 1 is 1.19 bits per heavy atom. The number of nitrogens with zero attached hydrogens (tertiary/aromatic N) is 2. The number of benzene rings is 2. The van der Waals surface area contributed by atoms with Crippen LogP contribution in [-0.2, 0) is 0 Å². The normalized spacial score (nSPS) is 10.6. The molecule has 1 heterocycles. The second-order valence-electron chi connectivity index (χ2n) is 4.36. The fourth-order valence-electron chi connectivity index (χ4n) is 1.96. The smallest absolute Gasteiger partial charge is 0.258 e. The summed E-state index contributed by atoms with van der Waals surface area (Å²) in [6.45, 7) is 0. The number of halogens is 1. The summed E-state index contributed by atoms with van der Waals surface area (Å²) in [6, 6.07) is 11.6. The molecule has 1 aromatic heterocycles. The Hall–Kier alpha value is -2.89. The van der Waals surface area contributed by atoms with Gasteiger partial charge in [-0.1, -0.05) is 17.3 Å². The molecule has 2 aromatic carbocycles. The Kier molecular flexibility index (Phi) is 3.27. The molecule has 5 nitrogen and oxygen atoms in total. The second kappa shape index (κ2) is 5.24. The zero-order valence-corrected chi connectivity index (χ0v) is 11.2. The topological polar surface area (TPSA) is 74.2 Å². The van der Waals surface area contributed by atoms with E-state index in [1.54, 1.807) is 13.2 Å². The molecule has 6 heteroatoms. The molecule has 0 saturated heterocycles. The molecule has 21 heavy (non-hydrogen) atoms. The van der Waals surface area contributed by atoms with Gasteiger partial charge in [-0.15, -0.1) is 0 Å². The maximum absolute atomic E-state index is 13.2. The Labute approximate surface area is 120 Å². The van der Waals surface area contributed by atoms with Gasteiger partial charge in [-0.05, 0) is 30.3 Å². The Bertz CT molecular complexity index is 786. The molecule has 0 amide bonds. The highest BCUT2D eigenvalue weighted by Crippen LogP contribution is 2.29. The van der Waals surface area contributed by atoms with E-state index in [0.717, 1.165) is 0 Å². The van der Waals surface area contributed by atoms with Crippen LogP contribution in [0.15, 0.2) is 47.0 Å². The van der Waals surface area contributed by atoms with Crippen molar-refractivity contribution in [1.29, 1.82) is 0 Å². The number of anilines is 1. The molecular weight excluding hydrogens is 273 g/mol. The van der Waals surface area contributed by atoms with E-state index in [2.05, 4.69) is 10.1 Å². The summed E-state index contributed by atoms with van der Waals surface area (Å²) in [4.78, 5) is 4.29. The van der Waals surface area contributed by atoms with E-state index in [4.69, 9.17) is 15.0 Å². The summed E-state index contributed by atoms with van der Waals surface area (Å²) in [5, 5.41) is 3.92. The van der Waals surface area contributed by atoms with Crippen molar-refractivity contribution in [3.05, 3.63) is 48.3 Å². The average molecular weight is 285 g/mol. The molecule has 0 aliphatic carbocycles. The highest BCUT2D eigenvalue weighted by Gasteiger charge is 2.14. The maximum Gasteiger partial charge on any atom is 0.258 e. The van der Waals surface area contributed by atoms with Gasteiger partial charge in [0.25, 0.3) is 5.89 Å². The van der Waals surface area contributed by atoms with E-state index in [1.165, 1.54) is 18.2 Å². The summed E-state index contributed by atoms with van der Waals surface area (Å²) in [7, 11) is 1.57. The minimum Gasteiger partial charge on any atom is -0.496 e. The molecule has 3 aromatic rings. The molecule has 0 aliphatic heterocycles. The van der Waals surface area contributed by atoms with Gasteiger partial charge in [0.1, 0.15) is 11.6 Å². The highest BCUT2D eigenvalue weighted by molar-refractivity contribution is 5.67. The van der Waals surface area contributed by atoms with Crippen molar-refractivity contribution in [1.82, 2.24) is 10.1 Å². The molecule has 0 unspecified atom stereocenters. The Morgan fingerprint density at radius 3 is 2.76 bits per heavy atom.